The highest BCUT2D eigenvalue weighted by molar-refractivity contribution is 5.65. The van der Waals surface area contributed by atoms with E-state index in [0.717, 1.165) is 36.5 Å². The summed E-state index contributed by atoms with van der Waals surface area (Å²) >= 11 is 0. The Balaban J connectivity index is 1.67. The van der Waals surface area contributed by atoms with E-state index in [1.807, 2.05) is 16.6 Å². The predicted octanol–water partition coefficient (Wildman–Crippen LogP) is 4.57. The number of aromatic nitrogens is 4. The number of anilines is 2. The monoisotopic (exact) mass is 359 g/mol. The molecule has 0 saturated heterocycles. The second-order valence-corrected chi connectivity index (χ2v) is 6.90. The molecule has 1 aliphatic rings. The van der Waals surface area contributed by atoms with Gasteiger partial charge in [0.25, 0.3) is 5.78 Å². The van der Waals surface area contributed by atoms with E-state index < -0.39 is 0 Å². The molecule has 0 unspecified atom stereocenters. The van der Waals surface area contributed by atoms with Crippen LogP contribution in [0, 0.1) is 0 Å². The van der Waals surface area contributed by atoms with Gasteiger partial charge in [-0.15, -0.1) is 5.10 Å². The van der Waals surface area contributed by atoms with Crippen LogP contribution >= 0.6 is 0 Å². The molecule has 0 spiro atoms. The average molecular weight is 359 g/mol. The van der Waals surface area contributed by atoms with Gasteiger partial charge in [0.2, 0.25) is 5.82 Å². The highest BCUT2D eigenvalue weighted by Crippen LogP contribution is 2.30. The second kappa shape index (κ2) is 6.54. The second-order valence-electron chi connectivity index (χ2n) is 6.90. The summed E-state index contributed by atoms with van der Waals surface area (Å²) in [5, 5.41) is 8.29. The minimum atomic E-state index is 0.556. The molecule has 0 aliphatic heterocycles. The van der Waals surface area contributed by atoms with E-state index in [4.69, 9.17) is 9.40 Å². The maximum atomic E-state index is 5.48. The molecule has 1 aromatic carbocycles. The molecule has 6 nitrogen and oxygen atoms in total. The van der Waals surface area contributed by atoms with Crippen molar-refractivity contribution in [2.45, 2.75) is 39.0 Å². The summed E-state index contributed by atoms with van der Waals surface area (Å²) in [5.74, 6) is 2.78. The molecule has 3 aromatic heterocycles. The number of nitrogens with zero attached hydrogens (tertiary/aromatic N) is 4. The molecule has 6 heteroatoms. The molecule has 136 valence electrons. The van der Waals surface area contributed by atoms with Crippen LogP contribution in [-0.4, -0.2) is 19.6 Å². The molecular weight excluding hydrogens is 338 g/mol. The fraction of sp³-hybridized carbons (Fsp3) is 0.286. The van der Waals surface area contributed by atoms with E-state index in [1.54, 1.807) is 6.26 Å². The van der Waals surface area contributed by atoms with Gasteiger partial charge in [-0.25, -0.2) is 4.98 Å². The summed E-state index contributed by atoms with van der Waals surface area (Å²) in [7, 11) is 0. The average Bonchev–Trinajstić information content (AvgIpc) is 3.37. The van der Waals surface area contributed by atoms with Gasteiger partial charge in [-0.2, -0.15) is 9.50 Å². The Morgan fingerprint density at radius 1 is 1.11 bits per heavy atom. The van der Waals surface area contributed by atoms with E-state index >= 15 is 0 Å². The van der Waals surface area contributed by atoms with Gasteiger partial charge in [0, 0.05) is 11.3 Å². The Kier molecular flexibility index (Phi) is 3.89. The van der Waals surface area contributed by atoms with Crippen LogP contribution in [0.25, 0.3) is 17.4 Å². The van der Waals surface area contributed by atoms with Crippen molar-refractivity contribution >= 4 is 17.3 Å². The van der Waals surface area contributed by atoms with E-state index in [9.17, 15) is 0 Å². The summed E-state index contributed by atoms with van der Waals surface area (Å²) in [6.07, 6.45) is 6.96. The Hall–Kier alpha value is -3.15. The third-order valence-corrected chi connectivity index (χ3v) is 5.10. The molecular formula is C21H21N5O. The van der Waals surface area contributed by atoms with Crippen molar-refractivity contribution in [3.63, 3.8) is 0 Å². The number of furan rings is 1. The van der Waals surface area contributed by atoms with Gasteiger partial charge >= 0.3 is 0 Å². The number of aryl methyl sites for hydroxylation is 2. The van der Waals surface area contributed by atoms with Gasteiger partial charge in [-0.05, 0) is 61.9 Å². The lowest BCUT2D eigenvalue weighted by molar-refractivity contribution is 0.577. The highest BCUT2D eigenvalue weighted by Gasteiger charge is 2.22. The van der Waals surface area contributed by atoms with Gasteiger partial charge < -0.3 is 9.73 Å². The quantitative estimate of drug-likeness (QED) is 0.578. The first-order chi connectivity index (χ1) is 13.3. The molecule has 0 bridgehead atoms. The number of fused-ring (bicyclic) bond motifs is 2. The normalized spacial score (nSPS) is 13.7. The molecule has 5 rings (SSSR count). The van der Waals surface area contributed by atoms with Crippen molar-refractivity contribution < 1.29 is 4.42 Å². The lowest BCUT2D eigenvalue weighted by atomic mass is 9.96. The first-order valence-electron chi connectivity index (χ1n) is 9.50. The summed E-state index contributed by atoms with van der Waals surface area (Å²) in [4.78, 5) is 9.40. The molecule has 1 aliphatic carbocycles. The third kappa shape index (κ3) is 2.87. The lowest BCUT2D eigenvalue weighted by Gasteiger charge is -2.20. The van der Waals surface area contributed by atoms with Gasteiger partial charge in [-0.1, -0.05) is 19.1 Å². The van der Waals surface area contributed by atoms with E-state index in [0.29, 0.717) is 17.4 Å². The van der Waals surface area contributed by atoms with Crippen LogP contribution in [0.5, 0.6) is 0 Å². The van der Waals surface area contributed by atoms with Gasteiger partial charge in [0.15, 0.2) is 5.76 Å². The molecule has 0 saturated carbocycles. The number of benzene rings is 1. The van der Waals surface area contributed by atoms with E-state index in [2.05, 4.69) is 46.6 Å². The molecule has 0 radical (unpaired) electrons. The van der Waals surface area contributed by atoms with Crippen molar-refractivity contribution in [1.29, 1.82) is 0 Å². The minimum Gasteiger partial charge on any atom is -0.461 e. The third-order valence-electron chi connectivity index (χ3n) is 5.10. The van der Waals surface area contributed by atoms with Crippen molar-refractivity contribution in [1.82, 2.24) is 19.6 Å². The maximum absolute atomic E-state index is 5.48. The molecule has 0 fully saturated rings. The van der Waals surface area contributed by atoms with Crippen LogP contribution in [0.1, 0.15) is 36.6 Å². The summed E-state index contributed by atoms with van der Waals surface area (Å²) in [6.45, 7) is 2.17. The number of nitrogens with one attached hydrogen (secondary N) is 1. The van der Waals surface area contributed by atoms with Gasteiger partial charge in [-0.3, -0.25) is 0 Å². The lowest BCUT2D eigenvalue weighted by Crippen LogP contribution is -2.13. The van der Waals surface area contributed by atoms with E-state index in [-0.39, 0.29) is 0 Å². The zero-order chi connectivity index (χ0) is 18.2. The summed E-state index contributed by atoms with van der Waals surface area (Å²) < 4.78 is 7.30. The molecule has 0 atom stereocenters. The topological polar surface area (TPSA) is 68.2 Å². The first-order valence-corrected chi connectivity index (χ1v) is 9.50. The smallest absolute Gasteiger partial charge is 0.255 e. The van der Waals surface area contributed by atoms with Crippen LogP contribution in [0.3, 0.4) is 0 Å². The number of hydrogen-bond donors (Lipinski definition) is 1. The highest BCUT2D eigenvalue weighted by atomic mass is 16.3. The van der Waals surface area contributed by atoms with Crippen LogP contribution in [0.4, 0.5) is 11.5 Å². The number of rotatable bonds is 4. The van der Waals surface area contributed by atoms with Crippen LogP contribution in [0.15, 0.2) is 47.1 Å². The van der Waals surface area contributed by atoms with Gasteiger partial charge in [0.05, 0.1) is 12.0 Å². The minimum absolute atomic E-state index is 0.556. The molecule has 3 heterocycles. The SMILES string of the molecule is CCc1cccc(Nc2c3c(nc4nc(-c5ccco5)nn24)CCCC3)c1. The van der Waals surface area contributed by atoms with E-state index in [1.165, 1.54) is 24.0 Å². The Labute approximate surface area is 157 Å². The molecule has 4 aromatic rings. The summed E-state index contributed by atoms with van der Waals surface area (Å²) in [5.41, 5.74) is 4.73. The fourth-order valence-electron chi connectivity index (χ4n) is 3.69. The van der Waals surface area contributed by atoms with Crippen LogP contribution in [-0.2, 0) is 19.3 Å². The Bertz CT molecular complexity index is 1100. The largest absolute Gasteiger partial charge is 0.461 e. The zero-order valence-electron chi connectivity index (χ0n) is 15.3. The van der Waals surface area contributed by atoms with Crippen LogP contribution in [0.2, 0.25) is 0 Å². The zero-order valence-corrected chi connectivity index (χ0v) is 15.3. The molecule has 0 amide bonds. The first kappa shape index (κ1) is 16.1. The Morgan fingerprint density at radius 2 is 2.04 bits per heavy atom. The maximum Gasteiger partial charge on any atom is 0.255 e. The number of hydrogen-bond acceptors (Lipinski definition) is 5. The predicted molar refractivity (Wildman–Crippen MR) is 104 cm³/mol. The molecule has 1 N–H and O–H groups in total. The van der Waals surface area contributed by atoms with Crippen molar-refractivity contribution in [2.24, 2.45) is 0 Å². The Morgan fingerprint density at radius 3 is 2.89 bits per heavy atom. The molecule has 27 heavy (non-hydrogen) atoms. The standard InChI is InChI=1S/C21H21N5O/c1-2-14-7-5-8-15(13-14)22-20-16-9-3-4-10-17(16)23-21-24-19(25-26(20)21)18-11-6-12-27-18/h5-8,11-13,22H,2-4,9-10H2,1H3. The van der Waals surface area contributed by atoms with Crippen molar-refractivity contribution in [3.05, 3.63) is 59.5 Å². The fourth-order valence-corrected chi connectivity index (χ4v) is 3.69. The van der Waals surface area contributed by atoms with Gasteiger partial charge in [0.1, 0.15) is 5.82 Å². The van der Waals surface area contributed by atoms with Crippen LogP contribution < -0.4 is 5.32 Å². The van der Waals surface area contributed by atoms with Crippen molar-refractivity contribution in [2.75, 3.05) is 5.32 Å². The van der Waals surface area contributed by atoms with Crippen molar-refractivity contribution in [3.8, 4) is 11.6 Å². The summed E-state index contributed by atoms with van der Waals surface area (Å²) in [6, 6.07) is 12.2.